The van der Waals surface area contributed by atoms with Crippen molar-refractivity contribution in [1.82, 2.24) is 25.6 Å². The summed E-state index contributed by atoms with van der Waals surface area (Å²) in [5, 5.41) is 43.2. The Bertz CT molecular complexity index is 898. The highest BCUT2D eigenvalue weighted by Gasteiger charge is 2.46. The van der Waals surface area contributed by atoms with Crippen LogP contribution in [0, 0.1) is 0 Å². The molecular formula is C20H27N5O6S. The summed E-state index contributed by atoms with van der Waals surface area (Å²) >= 11 is 1.50. The van der Waals surface area contributed by atoms with Gasteiger partial charge in [0.25, 0.3) is 0 Å². The number of nitrogens with one attached hydrogen (secondary N) is 2. The maximum absolute atomic E-state index is 12.1. The molecule has 1 aromatic carbocycles. The first-order chi connectivity index (χ1) is 15.4. The summed E-state index contributed by atoms with van der Waals surface area (Å²) in [6, 6.07) is 8.84. The molecule has 2 amide bonds. The second kappa shape index (κ2) is 11.4. The second-order valence-corrected chi connectivity index (χ2v) is 8.39. The highest BCUT2D eigenvalue weighted by atomic mass is 32.2. The van der Waals surface area contributed by atoms with E-state index in [0.29, 0.717) is 11.4 Å². The lowest BCUT2D eigenvalue weighted by molar-refractivity contribution is -0.219. The van der Waals surface area contributed by atoms with E-state index in [4.69, 9.17) is 4.74 Å². The minimum absolute atomic E-state index is 0.136. The number of benzene rings is 1. The first-order valence-corrected chi connectivity index (χ1v) is 11.2. The molecular weight excluding hydrogens is 438 g/mol. The molecule has 3 rings (SSSR count). The van der Waals surface area contributed by atoms with Gasteiger partial charge in [0.05, 0.1) is 25.1 Å². The van der Waals surface area contributed by atoms with Crippen LogP contribution >= 0.6 is 11.8 Å². The number of aliphatic hydroxyl groups is 3. The van der Waals surface area contributed by atoms with Gasteiger partial charge in [0.1, 0.15) is 30.0 Å². The molecule has 0 unspecified atom stereocenters. The molecule has 1 aliphatic rings. The average molecular weight is 466 g/mol. The number of thioether (sulfide) groups is 1. The fourth-order valence-corrected chi connectivity index (χ4v) is 4.13. The third-order valence-corrected chi connectivity index (χ3v) is 5.90. The first-order valence-electron chi connectivity index (χ1n) is 10.1. The SMILES string of the molecule is CC(=O)N[C@@H]1[C@@H](O)[C@H](O)[C@@H](CO)O[C@H]1n1cc(CNC(=O)CSCc2ccccc2)nn1. The van der Waals surface area contributed by atoms with Gasteiger partial charge in [0.15, 0.2) is 6.23 Å². The van der Waals surface area contributed by atoms with Crippen molar-refractivity contribution in [2.45, 2.75) is 49.8 Å². The standard InChI is InChI=1S/C20H27N5O6S/c1-12(27)22-17-19(30)18(29)15(9-26)31-20(17)25-8-14(23-24-25)7-21-16(28)11-32-10-13-5-3-2-4-6-13/h2-6,8,15,17-20,26,29-30H,7,9-11H2,1H3,(H,21,28)(H,22,27)/t15-,17-,18-,19-,20-/m1/s1. The molecule has 0 spiro atoms. The van der Waals surface area contributed by atoms with Crippen LogP contribution < -0.4 is 10.6 Å². The van der Waals surface area contributed by atoms with Gasteiger partial charge in [-0.2, -0.15) is 0 Å². The van der Waals surface area contributed by atoms with E-state index in [1.165, 1.54) is 29.6 Å². The molecule has 1 fully saturated rings. The van der Waals surface area contributed by atoms with Gasteiger partial charge in [0, 0.05) is 12.7 Å². The van der Waals surface area contributed by atoms with Crippen LogP contribution in [0.4, 0.5) is 0 Å². The predicted molar refractivity (Wildman–Crippen MR) is 115 cm³/mol. The number of ether oxygens (including phenoxy) is 1. The number of aromatic nitrogens is 3. The summed E-state index contributed by atoms with van der Waals surface area (Å²) in [6.07, 6.45) is -3.33. The molecule has 2 heterocycles. The van der Waals surface area contributed by atoms with Crippen LogP contribution in [0.15, 0.2) is 36.5 Å². The minimum Gasteiger partial charge on any atom is -0.394 e. The lowest BCUT2D eigenvalue weighted by atomic mass is 9.96. The number of rotatable bonds is 9. The third kappa shape index (κ3) is 6.26. The second-order valence-electron chi connectivity index (χ2n) is 7.40. The zero-order valence-corrected chi connectivity index (χ0v) is 18.3. The molecule has 0 bridgehead atoms. The van der Waals surface area contributed by atoms with E-state index >= 15 is 0 Å². The van der Waals surface area contributed by atoms with Gasteiger partial charge in [0.2, 0.25) is 11.8 Å². The number of hydrogen-bond acceptors (Lipinski definition) is 9. The van der Waals surface area contributed by atoms with Gasteiger partial charge in [-0.3, -0.25) is 9.59 Å². The van der Waals surface area contributed by atoms with E-state index < -0.39 is 43.1 Å². The van der Waals surface area contributed by atoms with Crippen LogP contribution in [-0.4, -0.2) is 78.8 Å². The lowest BCUT2D eigenvalue weighted by Gasteiger charge is -2.42. The van der Waals surface area contributed by atoms with E-state index in [-0.39, 0.29) is 12.5 Å². The van der Waals surface area contributed by atoms with Crippen molar-refractivity contribution in [3.63, 3.8) is 0 Å². The predicted octanol–water partition coefficient (Wildman–Crippen LogP) is -1.06. The zero-order valence-electron chi connectivity index (χ0n) is 17.5. The molecule has 0 aliphatic carbocycles. The van der Waals surface area contributed by atoms with Crippen molar-refractivity contribution in [1.29, 1.82) is 0 Å². The quantitative estimate of drug-likeness (QED) is 0.311. The number of amides is 2. The molecule has 5 atom stereocenters. The van der Waals surface area contributed by atoms with Crippen LogP contribution in [0.3, 0.4) is 0 Å². The number of carbonyl (C=O) groups is 2. The number of aliphatic hydroxyl groups excluding tert-OH is 3. The number of nitrogens with zero attached hydrogens (tertiary/aromatic N) is 3. The average Bonchev–Trinajstić information content (AvgIpc) is 3.25. The number of hydrogen-bond donors (Lipinski definition) is 5. The Hall–Kier alpha value is -2.51. The maximum atomic E-state index is 12.1. The highest BCUT2D eigenvalue weighted by molar-refractivity contribution is 7.99. The van der Waals surface area contributed by atoms with Crippen molar-refractivity contribution in [2.75, 3.05) is 12.4 Å². The van der Waals surface area contributed by atoms with Gasteiger partial charge in [-0.15, -0.1) is 16.9 Å². The molecule has 32 heavy (non-hydrogen) atoms. The van der Waals surface area contributed by atoms with Crippen molar-refractivity contribution in [3.05, 3.63) is 47.8 Å². The Balaban J connectivity index is 1.55. The molecule has 0 saturated carbocycles. The monoisotopic (exact) mass is 465 g/mol. The van der Waals surface area contributed by atoms with Gasteiger partial charge in [-0.1, -0.05) is 35.5 Å². The molecule has 12 heteroatoms. The third-order valence-electron chi connectivity index (χ3n) is 4.90. The fourth-order valence-electron chi connectivity index (χ4n) is 3.31. The lowest BCUT2D eigenvalue weighted by Crippen LogP contribution is -2.62. The molecule has 5 N–H and O–H groups in total. The Labute approximate surface area is 189 Å². The van der Waals surface area contributed by atoms with Gasteiger partial charge >= 0.3 is 0 Å². The summed E-state index contributed by atoms with van der Waals surface area (Å²) in [4.78, 5) is 23.6. The molecule has 11 nitrogen and oxygen atoms in total. The van der Waals surface area contributed by atoms with Crippen LogP contribution in [-0.2, 0) is 26.6 Å². The van der Waals surface area contributed by atoms with Crippen LogP contribution in [0.5, 0.6) is 0 Å². The molecule has 1 aliphatic heterocycles. The molecule has 0 radical (unpaired) electrons. The first kappa shape index (κ1) is 24.1. The van der Waals surface area contributed by atoms with Crippen LogP contribution in [0.1, 0.15) is 24.4 Å². The highest BCUT2D eigenvalue weighted by Crippen LogP contribution is 2.28. The summed E-state index contributed by atoms with van der Waals surface area (Å²) in [7, 11) is 0. The van der Waals surface area contributed by atoms with Gasteiger partial charge < -0.3 is 30.7 Å². The van der Waals surface area contributed by atoms with E-state index in [2.05, 4.69) is 20.9 Å². The topological polar surface area (TPSA) is 159 Å². The van der Waals surface area contributed by atoms with Crippen LogP contribution in [0.25, 0.3) is 0 Å². The molecule has 1 aromatic heterocycles. The summed E-state index contributed by atoms with van der Waals surface area (Å²) in [5.41, 5.74) is 1.58. The zero-order chi connectivity index (χ0) is 23.1. The summed E-state index contributed by atoms with van der Waals surface area (Å²) in [6.45, 7) is 0.878. The summed E-state index contributed by atoms with van der Waals surface area (Å²) in [5.74, 6) is 0.442. The Kier molecular flexibility index (Phi) is 8.59. The Morgan fingerprint density at radius 1 is 1.22 bits per heavy atom. The van der Waals surface area contributed by atoms with Gasteiger partial charge in [-0.05, 0) is 5.56 Å². The van der Waals surface area contributed by atoms with Crippen molar-refractivity contribution in [3.8, 4) is 0 Å². The Morgan fingerprint density at radius 2 is 1.97 bits per heavy atom. The Morgan fingerprint density at radius 3 is 2.66 bits per heavy atom. The van der Waals surface area contributed by atoms with Crippen molar-refractivity contribution in [2.24, 2.45) is 0 Å². The smallest absolute Gasteiger partial charge is 0.230 e. The van der Waals surface area contributed by atoms with Gasteiger partial charge in [-0.25, -0.2) is 4.68 Å². The van der Waals surface area contributed by atoms with E-state index in [1.54, 1.807) is 0 Å². The molecule has 2 aromatic rings. The number of carbonyl (C=O) groups excluding carboxylic acids is 2. The van der Waals surface area contributed by atoms with E-state index in [9.17, 15) is 24.9 Å². The minimum atomic E-state index is -1.39. The molecule has 1 saturated heterocycles. The normalized spacial score (nSPS) is 25.3. The fraction of sp³-hybridized carbons (Fsp3) is 0.500. The summed E-state index contributed by atoms with van der Waals surface area (Å²) < 4.78 is 6.93. The van der Waals surface area contributed by atoms with E-state index in [1.807, 2.05) is 30.3 Å². The van der Waals surface area contributed by atoms with Crippen molar-refractivity contribution < 1.29 is 29.6 Å². The van der Waals surface area contributed by atoms with Crippen molar-refractivity contribution >= 4 is 23.6 Å². The van der Waals surface area contributed by atoms with E-state index in [0.717, 1.165) is 11.3 Å². The molecule has 174 valence electrons. The maximum Gasteiger partial charge on any atom is 0.230 e. The largest absolute Gasteiger partial charge is 0.394 e. The van der Waals surface area contributed by atoms with Crippen LogP contribution in [0.2, 0.25) is 0 Å².